The molecule has 3 aromatic carbocycles. The van der Waals surface area contributed by atoms with E-state index in [0.717, 1.165) is 12.8 Å². The second-order valence-electron chi connectivity index (χ2n) is 20.9. The lowest BCUT2D eigenvalue weighted by Gasteiger charge is -2.47. The first-order valence-electron chi connectivity index (χ1n) is 25.6. The number of aliphatic hydroxyl groups is 2. The van der Waals surface area contributed by atoms with Crippen molar-refractivity contribution in [2.75, 3.05) is 27.9 Å². The molecule has 70 heavy (non-hydrogen) atoms. The Morgan fingerprint density at radius 1 is 0.871 bits per heavy atom. The van der Waals surface area contributed by atoms with E-state index in [1.54, 1.807) is 40.9 Å². The van der Waals surface area contributed by atoms with Gasteiger partial charge < -0.3 is 38.8 Å². The molecular formula is C57H76FNO11. The van der Waals surface area contributed by atoms with E-state index in [9.17, 15) is 29.4 Å². The average Bonchev–Trinajstić information content (AvgIpc) is 3.37. The summed E-state index contributed by atoms with van der Waals surface area (Å²) in [5.74, 6) is -8.88. The number of alkyl halides is 1. The molecule has 4 aliphatic rings. The van der Waals surface area contributed by atoms with Gasteiger partial charge in [0, 0.05) is 58.0 Å². The molecule has 2 saturated heterocycles. The predicted molar refractivity (Wildman–Crippen MR) is 267 cm³/mol. The molecule has 13 heteroatoms. The van der Waals surface area contributed by atoms with Gasteiger partial charge in [-0.25, -0.2) is 9.18 Å². The lowest BCUT2D eigenvalue weighted by Crippen LogP contribution is -2.64. The van der Waals surface area contributed by atoms with Crippen LogP contribution in [0.15, 0.2) is 77.9 Å². The highest BCUT2D eigenvalue weighted by molar-refractivity contribution is 6.39. The highest BCUT2D eigenvalue weighted by atomic mass is 19.1. The second kappa shape index (κ2) is 23.0. The fourth-order valence-corrected chi connectivity index (χ4v) is 12.1. The Balaban J connectivity index is 1.22. The molecule has 3 aromatic rings. The molecule has 2 bridgehead atoms. The van der Waals surface area contributed by atoms with Gasteiger partial charge in [0.15, 0.2) is 0 Å². The fourth-order valence-electron chi connectivity index (χ4n) is 12.1. The van der Waals surface area contributed by atoms with Crippen LogP contribution in [-0.2, 0) is 42.9 Å². The first kappa shape index (κ1) is 53.4. The number of cyclic esters (lactones) is 1. The summed E-state index contributed by atoms with van der Waals surface area (Å²) in [6, 6.07) is 18.0. The van der Waals surface area contributed by atoms with Gasteiger partial charge in [0.2, 0.25) is 5.79 Å². The van der Waals surface area contributed by atoms with Crippen LogP contribution in [0.4, 0.5) is 4.39 Å². The molecule has 382 valence electrons. The molecule has 0 aromatic heterocycles. The molecule has 0 radical (unpaired) electrons. The number of carbonyl (C=O) groups excluding carboxylic acids is 4. The van der Waals surface area contributed by atoms with Gasteiger partial charge in [-0.2, -0.15) is 0 Å². The van der Waals surface area contributed by atoms with E-state index < -0.39 is 89.9 Å². The number of halogens is 1. The number of rotatable bonds is 7. The normalized spacial score (nSPS) is 36.8. The molecule has 15 unspecified atom stereocenters. The molecule has 1 amide bonds. The minimum Gasteiger partial charge on any atom is -0.456 e. The van der Waals surface area contributed by atoms with Crippen LogP contribution in [0.3, 0.4) is 0 Å². The molecule has 3 fully saturated rings. The lowest BCUT2D eigenvalue weighted by atomic mass is 9.74. The van der Waals surface area contributed by atoms with Crippen molar-refractivity contribution < 1.29 is 57.5 Å². The van der Waals surface area contributed by atoms with Crippen molar-refractivity contribution in [1.29, 1.82) is 0 Å². The monoisotopic (exact) mass is 970 g/mol. The van der Waals surface area contributed by atoms with Gasteiger partial charge in [-0.1, -0.05) is 94.4 Å². The number of ether oxygens (including phenoxy) is 5. The van der Waals surface area contributed by atoms with E-state index in [1.807, 2.05) is 13.8 Å². The van der Waals surface area contributed by atoms with Crippen LogP contribution in [0.2, 0.25) is 0 Å². The molecule has 3 aliphatic heterocycles. The average molecular weight is 970 g/mol. The lowest BCUT2D eigenvalue weighted by molar-refractivity contribution is -0.302. The summed E-state index contributed by atoms with van der Waals surface area (Å²) in [5.41, 5.74) is 2.26. The number of methoxy groups -OCH3 is 3. The van der Waals surface area contributed by atoms with Gasteiger partial charge >= 0.3 is 5.97 Å². The second-order valence-corrected chi connectivity index (χ2v) is 20.9. The minimum absolute atomic E-state index is 0.0132. The van der Waals surface area contributed by atoms with E-state index in [1.165, 1.54) is 46.2 Å². The Morgan fingerprint density at radius 2 is 1.53 bits per heavy atom. The highest BCUT2D eigenvalue weighted by Gasteiger charge is 2.57. The van der Waals surface area contributed by atoms with Crippen LogP contribution in [0.1, 0.15) is 117 Å². The van der Waals surface area contributed by atoms with Crippen LogP contribution in [0, 0.1) is 29.6 Å². The smallest absolute Gasteiger partial charge is 0.329 e. The van der Waals surface area contributed by atoms with E-state index in [2.05, 4.69) is 60.7 Å². The molecule has 12 nitrogen and oxygen atoms in total. The van der Waals surface area contributed by atoms with Crippen molar-refractivity contribution in [3.05, 3.63) is 83.5 Å². The fraction of sp³-hybridized carbons (Fsp3) is 0.614. The van der Waals surface area contributed by atoms with Gasteiger partial charge in [-0.05, 0) is 122 Å². The zero-order chi connectivity index (χ0) is 50.6. The summed E-state index contributed by atoms with van der Waals surface area (Å²) in [6.45, 7) is 10.4. The van der Waals surface area contributed by atoms with E-state index in [-0.39, 0.29) is 56.0 Å². The molecule has 15 atom stereocenters. The first-order valence-corrected chi connectivity index (χ1v) is 25.6. The van der Waals surface area contributed by atoms with Crippen molar-refractivity contribution in [3.63, 3.8) is 0 Å². The Morgan fingerprint density at radius 3 is 2.21 bits per heavy atom. The maximum Gasteiger partial charge on any atom is 0.329 e. The van der Waals surface area contributed by atoms with Crippen LogP contribution >= 0.6 is 0 Å². The summed E-state index contributed by atoms with van der Waals surface area (Å²) in [6.07, 6.45) is 1.10. The van der Waals surface area contributed by atoms with E-state index in [0.29, 0.717) is 36.8 Å². The third-order valence-corrected chi connectivity index (χ3v) is 16.3. The number of hydrogen-bond acceptors (Lipinski definition) is 11. The number of hydrogen-bond donors (Lipinski definition) is 2. The summed E-state index contributed by atoms with van der Waals surface area (Å²) < 4.78 is 47.0. The highest BCUT2D eigenvalue weighted by Crippen LogP contribution is 2.44. The molecule has 2 N–H and O–H groups in total. The number of amides is 1. The molecule has 1 saturated carbocycles. The number of esters is 1. The molecule has 1 aliphatic carbocycles. The summed E-state index contributed by atoms with van der Waals surface area (Å²) in [5, 5.41) is 28.9. The van der Waals surface area contributed by atoms with Crippen LogP contribution in [-0.4, -0.2) is 121 Å². The Bertz CT molecular complexity index is 2420. The predicted octanol–water partition coefficient (Wildman–Crippen LogP) is 9.15. The zero-order valence-electron chi connectivity index (χ0n) is 42.6. The quantitative estimate of drug-likeness (QED) is 0.101. The van der Waals surface area contributed by atoms with Crippen molar-refractivity contribution in [2.45, 2.75) is 166 Å². The minimum atomic E-state index is -2.61. The van der Waals surface area contributed by atoms with Crippen LogP contribution in [0.5, 0.6) is 0 Å². The molecule has 0 spiro atoms. The Labute approximate surface area is 413 Å². The Kier molecular flexibility index (Phi) is 17.6. The number of nitrogens with zero attached hydrogens (tertiary/aromatic N) is 1. The van der Waals surface area contributed by atoms with Crippen LogP contribution in [0.25, 0.3) is 21.5 Å². The number of Topliss-reactive ketones (excluding diaryl/α,β-unsaturated/α-hetero) is 2. The van der Waals surface area contributed by atoms with Gasteiger partial charge in [0.25, 0.3) is 11.7 Å². The molecule has 7 rings (SSSR count). The molecule has 3 heterocycles. The summed E-state index contributed by atoms with van der Waals surface area (Å²) in [7, 11) is 4.65. The number of piperidine rings is 1. The van der Waals surface area contributed by atoms with Gasteiger partial charge in [-0.3, -0.25) is 14.4 Å². The van der Waals surface area contributed by atoms with Crippen molar-refractivity contribution in [1.82, 2.24) is 4.90 Å². The third kappa shape index (κ3) is 11.0. The van der Waals surface area contributed by atoms with Crippen molar-refractivity contribution in [2.24, 2.45) is 29.6 Å². The number of benzene rings is 3. The van der Waals surface area contributed by atoms with Crippen molar-refractivity contribution >= 4 is 45.0 Å². The maximum absolute atomic E-state index is 16.4. The van der Waals surface area contributed by atoms with E-state index in [4.69, 9.17) is 23.7 Å². The van der Waals surface area contributed by atoms with Crippen LogP contribution < -0.4 is 0 Å². The largest absolute Gasteiger partial charge is 0.456 e. The summed E-state index contributed by atoms with van der Waals surface area (Å²) >= 11 is 0. The van der Waals surface area contributed by atoms with Gasteiger partial charge in [-0.15, -0.1) is 0 Å². The number of aliphatic hydroxyl groups excluding tert-OH is 1. The number of fused-ring (bicyclic) bond motifs is 6. The topological polar surface area (TPSA) is 158 Å². The number of carbonyl (C=O) groups is 4. The van der Waals surface area contributed by atoms with Gasteiger partial charge in [0.1, 0.15) is 30.2 Å². The molecular weight excluding hydrogens is 894 g/mol. The van der Waals surface area contributed by atoms with Crippen molar-refractivity contribution in [3.8, 4) is 0 Å². The van der Waals surface area contributed by atoms with Gasteiger partial charge in [0.05, 0.1) is 24.4 Å². The number of allylic oxidation sites excluding steroid dienone is 3. The Hall–Kier alpha value is -4.37. The maximum atomic E-state index is 16.4. The summed E-state index contributed by atoms with van der Waals surface area (Å²) in [4.78, 5) is 58.8. The standard InChI is InChI=1S/C57H76FNO11/c1-10-38-26-32(2)51(58)33(3)27-49(67-8)53-50(68-9)28-35(5)57(65,70-53)54(62)55(63)59-24-16-15-21-45(59)56(64)69-52(36(6)46(60)31-47(38)61)34(4)25-37-22-23-43(48(29-37)66-7)44-30-39-17-11-12-18-40(39)41-19-13-14-20-42(41)44/h11-14,17-20,25-26,30,33,35-38,43,45-46,48-53,60,65H,10,15-16,21-24,27-29,31H2,1-9H3/b32-26+,34-25?. The first-order chi connectivity index (χ1) is 33.4. The number of ketones is 2. The van der Waals surface area contributed by atoms with E-state index >= 15 is 4.39 Å². The third-order valence-electron chi connectivity index (χ3n) is 16.3. The zero-order valence-corrected chi connectivity index (χ0v) is 42.6. The SMILES string of the molecule is CCC1/C=C(\C)C(F)C(C)CC(OC)C2OC(O)(C(=O)C(=O)N3CCCCC3C(=O)OC(C(C)=CC3CCC(c4cc5ccccc5c5ccccc45)C(OC)C3)C(C)C(O)CC1=O)C(C)CC2OC.